The number of piperazine rings is 1. The van der Waals surface area contributed by atoms with E-state index in [1.165, 1.54) is 6.33 Å². The van der Waals surface area contributed by atoms with Crippen LogP contribution in [0.4, 0.5) is 10.6 Å². The summed E-state index contributed by atoms with van der Waals surface area (Å²) in [5.41, 5.74) is 1.59. The second-order valence-corrected chi connectivity index (χ2v) is 8.09. The molecule has 3 fully saturated rings. The van der Waals surface area contributed by atoms with E-state index in [1.807, 2.05) is 30.3 Å². The van der Waals surface area contributed by atoms with E-state index in [-0.39, 0.29) is 17.7 Å². The third-order valence-corrected chi connectivity index (χ3v) is 5.79. The van der Waals surface area contributed by atoms with Gasteiger partial charge < -0.3 is 14.4 Å². The molecule has 1 unspecified atom stereocenters. The Morgan fingerprint density at radius 3 is 2.97 bits per heavy atom. The highest BCUT2D eigenvalue weighted by molar-refractivity contribution is 6.10. The van der Waals surface area contributed by atoms with E-state index in [1.54, 1.807) is 4.90 Å². The highest BCUT2D eigenvalue weighted by Gasteiger charge is 2.40. The molecule has 1 amide bonds. The summed E-state index contributed by atoms with van der Waals surface area (Å²) in [5.74, 6) is 1.54. The van der Waals surface area contributed by atoms with Gasteiger partial charge in [-0.25, -0.2) is 14.8 Å². The number of amides is 1. The minimum absolute atomic E-state index is 0.0479. The van der Waals surface area contributed by atoms with Crippen LogP contribution in [0.3, 0.4) is 0 Å². The monoisotopic (exact) mass is 393 g/mol. The number of carbonyl (C=O) groups is 1. The predicted octanol–water partition coefficient (Wildman–Crippen LogP) is 2.46. The number of nitrogens with one attached hydrogen (secondary N) is 1. The summed E-state index contributed by atoms with van der Waals surface area (Å²) < 4.78 is 11.2. The van der Waals surface area contributed by atoms with E-state index in [4.69, 9.17) is 14.9 Å². The number of anilines is 1. The molecule has 1 aromatic heterocycles. The minimum Gasteiger partial charge on any atom is -0.488 e. The molecule has 0 spiro atoms. The van der Waals surface area contributed by atoms with Crippen LogP contribution >= 0.6 is 0 Å². The zero-order valence-electron chi connectivity index (χ0n) is 16.3. The van der Waals surface area contributed by atoms with Gasteiger partial charge in [-0.1, -0.05) is 12.1 Å². The summed E-state index contributed by atoms with van der Waals surface area (Å²) in [6.07, 6.45) is 3.39. The topological polar surface area (TPSA) is 91.6 Å². The fourth-order valence-corrected chi connectivity index (χ4v) is 3.78. The van der Waals surface area contributed by atoms with Crippen molar-refractivity contribution in [3.05, 3.63) is 47.9 Å². The van der Waals surface area contributed by atoms with Crippen molar-refractivity contribution in [1.82, 2.24) is 14.9 Å². The number of rotatable bonds is 5. The zero-order chi connectivity index (χ0) is 20.0. The van der Waals surface area contributed by atoms with Gasteiger partial charge in [0.15, 0.2) is 0 Å². The van der Waals surface area contributed by atoms with Crippen LogP contribution in [0.1, 0.15) is 31.0 Å². The lowest BCUT2D eigenvalue weighted by Crippen LogP contribution is -2.52. The van der Waals surface area contributed by atoms with Gasteiger partial charge in [0.2, 0.25) is 0 Å². The molecule has 0 bridgehead atoms. The van der Waals surface area contributed by atoms with Gasteiger partial charge in [-0.3, -0.25) is 10.3 Å². The van der Waals surface area contributed by atoms with Crippen molar-refractivity contribution in [2.75, 3.05) is 31.1 Å². The van der Waals surface area contributed by atoms with Crippen LogP contribution in [0.15, 0.2) is 36.7 Å². The van der Waals surface area contributed by atoms with Gasteiger partial charge in [-0.05, 0) is 31.9 Å². The molecule has 1 N–H and O–H groups in total. The van der Waals surface area contributed by atoms with Crippen molar-refractivity contribution in [2.24, 2.45) is 0 Å². The lowest BCUT2D eigenvalue weighted by atomic mass is 10.1. The van der Waals surface area contributed by atoms with Gasteiger partial charge in [0.05, 0.1) is 17.4 Å². The summed E-state index contributed by atoms with van der Waals surface area (Å²) in [6.45, 7) is 4.46. The van der Waals surface area contributed by atoms with Crippen LogP contribution in [0, 0.1) is 5.41 Å². The number of benzene rings is 1. The largest absolute Gasteiger partial charge is 0.488 e. The van der Waals surface area contributed by atoms with E-state index in [0.717, 1.165) is 30.0 Å². The molecule has 150 valence electrons. The molecule has 3 heterocycles. The Hall–Kier alpha value is -3.16. The first kappa shape index (κ1) is 17.9. The molecule has 1 aliphatic carbocycles. The SMILES string of the molecule is CC1(Oc2cccc(C(=N)c3cc(N4CCN5C(=O)OCC5C4)ncn3)c2)CC1. The first-order valence-corrected chi connectivity index (χ1v) is 9.90. The molecule has 0 radical (unpaired) electrons. The van der Waals surface area contributed by atoms with Crippen LogP contribution in [0.5, 0.6) is 5.75 Å². The number of nitrogens with zero attached hydrogens (tertiary/aromatic N) is 4. The van der Waals surface area contributed by atoms with Gasteiger partial charge >= 0.3 is 6.09 Å². The number of fused-ring (bicyclic) bond motifs is 1. The summed E-state index contributed by atoms with van der Waals surface area (Å²) in [4.78, 5) is 24.3. The molecule has 29 heavy (non-hydrogen) atoms. The average Bonchev–Trinajstić information content (AvgIpc) is 3.35. The zero-order valence-corrected chi connectivity index (χ0v) is 16.3. The Kier molecular flexibility index (Phi) is 4.15. The quantitative estimate of drug-likeness (QED) is 0.785. The van der Waals surface area contributed by atoms with Gasteiger partial charge in [0, 0.05) is 31.3 Å². The Morgan fingerprint density at radius 1 is 1.28 bits per heavy atom. The fourth-order valence-electron chi connectivity index (χ4n) is 3.78. The number of hydrogen-bond acceptors (Lipinski definition) is 7. The van der Waals surface area contributed by atoms with E-state index >= 15 is 0 Å². The van der Waals surface area contributed by atoms with Crippen molar-refractivity contribution in [3.8, 4) is 5.75 Å². The van der Waals surface area contributed by atoms with Crippen LogP contribution < -0.4 is 9.64 Å². The Bertz CT molecular complexity index is 974. The highest BCUT2D eigenvalue weighted by atomic mass is 16.6. The maximum Gasteiger partial charge on any atom is 0.410 e. The summed E-state index contributed by atoms with van der Waals surface area (Å²) in [5, 5.41) is 8.63. The Balaban J connectivity index is 1.34. The van der Waals surface area contributed by atoms with Crippen LogP contribution in [0.25, 0.3) is 0 Å². The Labute approximate surface area is 169 Å². The molecule has 5 rings (SSSR count). The molecule has 3 aliphatic rings. The molecule has 2 aliphatic heterocycles. The molecule has 8 heteroatoms. The maximum atomic E-state index is 11.7. The Morgan fingerprint density at radius 2 is 2.14 bits per heavy atom. The number of ether oxygens (including phenoxy) is 2. The summed E-state index contributed by atoms with van der Waals surface area (Å²) in [7, 11) is 0. The van der Waals surface area contributed by atoms with E-state index in [9.17, 15) is 4.79 Å². The van der Waals surface area contributed by atoms with Crippen molar-refractivity contribution >= 4 is 17.6 Å². The summed E-state index contributed by atoms with van der Waals surface area (Å²) >= 11 is 0. The predicted molar refractivity (Wildman–Crippen MR) is 107 cm³/mol. The van der Waals surface area contributed by atoms with E-state index in [2.05, 4.69) is 21.8 Å². The van der Waals surface area contributed by atoms with Crippen LogP contribution in [-0.4, -0.2) is 64.6 Å². The molecule has 8 nitrogen and oxygen atoms in total. The number of hydrogen-bond donors (Lipinski definition) is 1. The van der Waals surface area contributed by atoms with Crippen LogP contribution in [0.2, 0.25) is 0 Å². The van der Waals surface area contributed by atoms with Crippen molar-refractivity contribution in [1.29, 1.82) is 5.41 Å². The second kappa shape index (κ2) is 6.72. The average molecular weight is 393 g/mol. The molecular formula is C21H23N5O3. The first-order valence-electron chi connectivity index (χ1n) is 9.90. The molecule has 1 aromatic carbocycles. The van der Waals surface area contributed by atoms with Crippen molar-refractivity contribution in [2.45, 2.75) is 31.4 Å². The van der Waals surface area contributed by atoms with E-state index in [0.29, 0.717) is 37.6 Å². The highest BCUT2D eigenvalue weighted by Crippen LogP contribution is 2.39. The normalized spacial score (nSPS) is 22.1. The van der Waals surface area contributed by atoms with Crippen molar-refractivity contribution < 1.29 is 14.3 Å². The lowest BCUT2D eigenvalue weighted by Gasteiger charge is -2.36. The first-order chi connectivity index (χ1) is 14.0. The van der Waals surface area contributed by atoms with Gasteiger partial charge in [-0.15, -0.1) is 0 Å². The second-order valence-electron chi connectivity index (χ2n) is 8.09. The number of aromatic nitrogens is 2. The fraction of sp³-hybridized carbons (Fsp3) is 0.429. The molecule has 2 aromatic rings. The van der Waals surface area contributed by atoms with E-state index < -0.39 is 0 Å². The minimum atomic E-state index is -0.234. The van der Waals surface area contributed by atoms with Gasteiger partial charge in [-0.2, -0.15) is 0 Å². The van der Waals surface area contributed by atoms with Crippen molar-refractivity contribution in [3.63, 3.8) is 0 Å². The molecular weight excluding hydrogens is 370 g/mol. The van der Waals surface area contributed by atoms with Crippen LogP contribution in [-0.2, 0) is 4.74 Å². The van der Waals surface area contributed by atoms with Gasteiger partial charge in [0.1, 0.15) is 30.1 Å². The number of cyclic esters (lactones) is 1. The number of carbonyl (C=O) groups excluding carboxylic acids is 1. The standard InChI is InChI=1S/C21H23N5O3/c1-21(5-6-21)29-16-4-2-3-14(9-16)19(22)17-10-18(24-13-23-17)25-7-8-26-15(11-25)12-28-20(26)27/h2-4,9-10,13,15,22H,5-8,11-12H2,1H3. The maximum absolute atomic E-state index is 11.7. The third kappa shape index (κ3) is 3.50. The molecule has 2 saturated heterocycles. The summed E-state index contributed by atoms with van der Waals surface area (Å²) in [6, 6.07) is 9.51. The lowest BCUT2D eigenvalue weighted by molar-refractivity contribution is 0.157. The third-order valence-electron chi connectivity index (χ3n) is 5.79. The smallest absolute Gasteiger partial charge is 0.410 e. The van der Waals surface area contributed by atoms with Gasteiger partial charge in [0.25, 0.3) is 0 Å². The molecule has 1 saturated carbocycles. The molecule has 1 atom stereocenters.